The summed E-state index contributed by atoms with van der Waals surface area (Å²) in [4.78, 5) is 26.1. The van der Waals surface area contributed by atoms with E-state index in [1.807, 2.05) is 11.0 Å². The Labute approximate surface area is 185 Å². The maximum Gasteiger partial charge on any atom is 0.305 e. The standard InChI is InChI=1S/C22H25FN4O3S/c23-18-4-2-1-3-17(18)21(22(30)14-5-6-14)26-9-7-19(31)15(13-26)11-16-12-24-25-27(16)10-8-20(28)29/h1-4,11-12,14,19,21,31H,5-10,13H2,(H,28,29)/b15-11+. The van der Waals surface area contributed by atoms with Crippen LogP contribution >= 0.6 is 12.6 Å². The van der Waals surface area contributed by atoms with Crippen molar-refractivity contribution in [3.63, 3.8) is 0 Å². The summed E-state index contributed by atoms with van der Waals surface area (Å²) in [6.07, 6.45) is 5.88. The molecular weight excluding hydrogens is 419 g/mol. The molecule has 1 N–H and O–H groups in total. The van der Waals surface area contributed by atoms with Crippen LogP contribution in [0.2, 0.25) is 0 Å². The number of carbonyl (C=O) groups excluding carboxylic acids is 1. The number of hydrogen-bond acceptors (Lipinski definition) is 6. The molecule has 2 heterocycles. The van der Waals surface area contributed by atoms with Gasteiger partial charge in [-0.2, -0.15) is 12.6 Å². The Morgan fingerprint density at radius 2 is 2.06 bits per heavy atom. The topological polar surface area (TPSA) is 88.3 Å². The fraction of sp³-hybridized carbons (Fsp3) is 0.455. The maximum absolute atomic E-state index is 14.6. The summed E-state index contributed by atoms with van der Waals surface area (Å²) in [7, 11) is 0. The van der Waals surface area contributed by atoms with Gasteiger partial charge in [-0.1, -0.05) is 23.4 Å². The van der Waals surface area contributed by atoms with Crippen molar-refractivity contribution < 1.29 is 19.1 Å². The van der Waals surface area contributed by atoms with Crippen molar-refractivity contribution in [1.82, 2.24) is 19.9 Å². The molecular formula is C22H25FN4O3S. The number of thiol groups is 1. The van der Waals surface area contributed by atoms with E-state index >= 15 is 0 Å². The van der Waals surface area contributed by atoms with Gasteiger partial charge in [0.25, 0.3) is 0 Å². The van der Waals surface area contributed by atoms with E-state index in [2.05, 4.69) is 10.3 Å². The van der Waals surface area contributed by atoms with Crippen LogP contribution in [0.25, 0.3) is 6.08 Å². The van der Waals surface area contributed by atoms with Crippen LogP contribution in [0.3, 0.4) is 0 Å². The summed E-state index contributed by atoms with van der Waals surface area (Å²) in [5, 5.41) is 16.8. The highest BCUT2D eigenvalue weighted by Gasteiger charge is 2.40. The zero-order valence-corrected chi connectivity index (χ0v) is 17.9. The van der Waals surface area contributed by atoms with Crippen molar-refractivity contribution in [2.24, 2.45) is 5.92 Å². The number of Topliss-reactive ketones (excluding diaryl/α,β-unsaturated/α-hetero) is 1. The number of halogens is 1. The van der Waals surface area contributed by atoms with Crippen molar-refractivity contribution in [3.8, 4) is 0 Å². The molecule has 0 bridgehead atoms. The fourth-order valence-corrected chi connectivity index (χ4v) is 4.29. The number of carboxylic acids is 1. The zero-order chi connectivity index (χ0) is 22.0. The molecule has 0 spiro atoms. The van der Waals surface area contributed by atoms with Gasteiger partial charge in [-0.3, -0.25) is 14.5 Å². The van der Waals surface area contributed by atoms with E-state index < -0.39 is 12.0 Å². The minimum atomic E-state index is -0.906. The van der Waals surface area contributed by atoms with E-state index in [1.54, 1.807) is 29.1 Å². The first-order valence-electron chi connectivity index (χ1n) is 10.4. The Kier molecular flexibility index (Phi) is 6.52. The van der Waals surface area contributed by atoms with Crippen LogP contribution in [0.1, 0.15) is 43.0 Å². The average molecular weight is 445 g/mol. The number of ketones is 1. The van der Waals surface area contributed by atoms with Gasteiger partial charge in [0.2, 0.25) is 0 Å². The van der Waals surface area contributed by atoms with Crippen molar-refractivity contribution >= 4 is 30.5 Å². The Balaban J connectivity index is 1.60. The summed E-state index contributed by atoms with van der Waals surface area (Å²) < 4.78 is 16.2. The molecule has 31 heavy (non-hydrogen) atoms. The summed E-state index contributed by atoms with van der Waals surface area (Å²) in [6, 6.07) is 5.88. The molecule has 164 valence electrons. The number of aryl methyl sites for hydroxylation is 1. The Morgan fingerprint density at radius 1 is 1.29 bits per heavy atom. The summed E-state index contributed by atoms with van der Waals surface area (Å²) in [6.45, 7) is 1.32. The first kappa shape index (κ1) is 21.7. The molecule has 1 aliphatic carbocycles. The van der Waals surface area contributed by atoms with Crippen LogP contribution in [0.15, 0.2) is 36.0 Å². The molecule has 1 aromatic carbocycles. The minimum Gasteiger partial charge on any atom is -0.481 e. The summed E-state index contributed by atoms with van der Waals surface area (Å²) in [5.74, 6) is -1.19. The number of carbonyl (C=O) groups is 2. The van der Waals surface area contributed by atoms with Gasteiger partial charge in [0.1, 0.15) is 5.82 Å². The van der Waals surface area contributed by atoms with Crippen molar-refractivity contribution in [2.45, 2.75) is 43.5 Å². The number of hydrogen-bond donors (Lipinski definition) is 2. The molecule has 1 aromatic heterocycles. The van der Waals surface area contributed by atoms with Gasteiger partial charge in [-0.15, -0.1) is 5.10 Å². The van der Waals surface area contributed by atoms with Crippen LogP contribution in [-0.4, -0.2) is 55.1 Å². The van der Waals surface area contributed by atoms with Crippen LogP contribution < -0.4 is 0 Å². The van der Waals surface area contributed by atoms with Crippen LogP contribution in [0.5, 0.6) is 0 Å². The number of piperidine rings is 1. The largest absolute Gasteiger partial charge is 0.481 e. The zero-order valence-electron chi connectivity index (χ0n) is 17.0. The Morgan fingerprint density at radius 3 is 2.77 bits per heavy atom. The van der Waals surface area contributed by atoms with Crippen molar-refractivity contribution in [3.05, 3.63) is 53.1 Å². The van der Waals surface area contributed by atoms with Gasteiger partial charge < -0.3 is 5.11 Å². The minimum absolute atomic E-state index is 0.00686. The summed E-state index contributed by atoms with van der Waals surface area (Å²) in [5.41, 5.74) is 2.08. The van der Waals surface area contributed by atoms with Gasteiger partial charge in [-0.25, -0.2) is 9.07 Å². The number of rotatable bonds is 8. The highest BCUT2D eigenvalue weighted by atomic mass is 32.1. The molecule has 4 rings (SSSR count). The van der Waals surface area contributed by atoms with E-state index in [0.717, 1.165) is 18.4 Å². The maximum atomic E-state index is 14.6. The fourth-order valence-electron chi connectivity index (χ4n) is 4.02. The lowest BCUT2D eigenvalue weighted by Gasteiger charge is -2.37. The quantitative estimate of drug-likeness (QED) is 0.609. The van der Waals surface area contributed by atoms with Crippen LogP contribution in [-0.2, 0) is 16.1 Å². The lowest BCUT2D eigenvalue weighted by Crippen LogP contribution is -2.42. The molecule has 0 amide bonds. The highest BCUT2D eigenvalue weighted by molar-refractivity contribution is 7.81. The SMILES string of the molecule is O=C(O)CCn1nncc1/C=C1\CN(C(C(=O)C2CC2)c2ccccc2F)CCC1S. The lowest BCUT2D eigenvalue weighted by molar-refractivity contribution is -0.137. The second-order valence-corrected chi connectivity index (χ2v) is 8.74. The lowest BCUT2D eigenvalue weighted by atomic mass is 9.93. The van der Waals surface area contributed by atoms with Crippen LogP contribution in [0.4, 0.5) is 4.39 Å². The first-order valence-corrected chi connectivity index (χ1v) is 11.0. The van der Waals surface area contributed by atoms with Gasteiger partial charge in [-0.05, 0) is 37.0 Å². The van der Waals surface area contributed by atoms with Crippen molar-refractivity contribution in [2.75, 3.05) is 13.1 Å². The number of aromatic nitrogens is 3. The highest BCUT2D eigenvalue weighted by Crippen LogP contribution is 2.39. The van der Waals surface area contributed by atoms with Gasteiger partial charge in [0, 0.05) is 29.8 Å². The first-order chi connectivity index (χ1) is 14.9. The Hall–Kier alpha value is -2.52. The number of nitrogens with zero attached hydrogens (tertiary/aromatic N) is 4. The van der Waals surface area contributed by atoms with E-state index in [1.165, 1.54) is 6.07 Å². The normalized spacial score (nSPS) is 21.9. The second kappa shape index (κ2) is 9.32. The smallest absolute Gasteiger partial charge is 0.305 e. The third-order valence-electron chi connectivity index (χ3n) is 5.84. The van der Waals surface area contributed by atoms with E-state index in [9.17, 15) is 14.0 Å². The molecule has 1 saturated heterocycles. The van der Waals surface area contributed by atoms with Gasteiger partial charge in [0.15, 0.2) is 5.78 Å². The average Bonchev–Trinajstić information content (AvgIpc) is 3.50. The van der Waals surface area contributed by atoms with Crippen LogP contribution in [0, 0.1) is 11.7 Å². The second-order valence-electron chi connectivity index (χ2n) is 8.12. The number of likely N-dealkylation sites (tertiary alicyclic amines) is 1. The van der Waals surface area contributed by atoms with Crippen molar-refractivity contribution in [1.29, 1.82) is 0 Å². The molecule has 2 fully saturated rings. The number of carboxylic acid groups (broad SMARTS) is 1. The molecule has 2 aliphatic rings. The third kappa shape index (κ3) is 5.04. The van der Waals surface area contributed by atoms with Gasteiger partial charge in [0.05, 0.1) is 30.9 Å². The molecule has 2 atom stereocenters. The molecule has 1 saturated carbocycles. The molecule has 2 unspecified atom stereocenters. The molecule has 9 heteroatoms. The molecule has 2 aromatic rings. The third-order valence-corrected chi connectivity index (χ3v) is 6.43. The van der Waals surface area contributed by atoms with Gasteiger partial charge >= 0.3 is 5.97 Å². The molecule has 1 aliphatic heterocycles. The number of aliphatic carboxylic acids is 1. The molecule has 7 nitrogen and oxygen atoms in total. The van der Waals surface area contributed by atoms with E-state index in [0.29, 0.717) is 30.8 Å². The predicted molar refractivity (Wildman–Crippen MR) is 116 cm³/mol. The monoisotopic (exact) mass is 444 g/mol. The number of benzene rings is 1. The summed E-state index contributed by atoms with van der Waals surface area (Å²) >= 11 is 4.71. The molecule has 0 radical (unpaired) electrons. The Bertz CT molecular complexity index is 1000. The van der Waals surface area contributed by atoms with E-state index in [-0.39, 0.29) is 35.7 Å². The van der Waals surface area contributed by atoms with E-state index in [4.69, 9.17) is 17.7 Å². The predicted octanol–water partition coefficient (Wildman–Crippen LogP) is 3.00.